The van der Waals surface area contributed by atoms with Crippen LogP contribution in [0.2, 0.25) is 0 Å². The lowest BCUT2D eigenvalue weighted by Crippen LogP contribution is -2.46. The zero-order valence-corrected chi connectivity index (χ0v) is 23.2. The van der Waals surface area contributed by atoms with E-state index in [2.05, 4.69) is 113 Å². The van der Waals surface area contributed by atoms with Gasteiger partial charge in [-0.3, -0.25) is 4.90 Å². The minimum absolute atomic E-state index is 0.442. The Bertz CT molecular complexity index is 1530. The van der Waals surface area contributed by atoms with Crippen LogP contribution in [-0.4, -0.2) is 29.1 Å². The zero-order valence-electron chi connectivity index (χ0n) is 23.2. The molecule has 0 aromatic heterocycles. The van der Waals surface area contributed by atoms with E-state index in [-0.39, 0.29) is 0 Å². The Morgan fingerprint density at radius 1 is 0.750 bits per heavy atom. The molecule has 8 aliphatic rings. The number of nitrogens with zero attached hydrogens (tertiary/aromatic N) is 2. The van der Waals surface area contributed by atoms with Crippen LogP contribution < -0.4 is 4.90 Å². The molecule has 0 radical (unpaired) electrons. The topological polar surface area (TPSA) is 6.48 Å². The van der Waals surface area contributed by atoms with Crippen molar-refractivity contribution in [2.24, 2.45) is 17.8 Å². The summed E-state index contributed by atoms with van der Waals surface area (Å²) in [5, 5.41) is 0. The van der Waals surface area contributed by atoms with E-state index in [1.807, 2.05) is 0 Å². The highest BCUT2D eigenvalue weighted by molar-refractivity contribution is 5.77. The van der Waals surface area contributed by atoms with Crippen molar-refractivity contribution >= 4 is 11.8 Å². The van der Waals surface area contributed by atoms with Gasteiger partial charge in [-0.15, -0.1) is 0 Å². The number of hydrogen-bond donors (Lipinski definition) is 0. The van der Waals surface area contributed by atoms with Gasteiger partial charge in [-0.2, -0.15) is 0 Å². The minimum atomic E-state index is 0.442. The largest absolute Gasteiger partial charge is 0.337 e. The molecular formula is C38H38N2. The van der Waals surface area contributed by atoms with Crippen molar-refractivity contribution in [1.82, 2.24) is 4.90 Å². The average Bonchev–Trinajstić information content (AvgIpc) is 3.53. The summed E-state index contributed by atoms with van der Waals surface area (Å²) < 4.78 is 0. The molecule has 200 valence electrons. The quantitative estimate of drug-likeness (QED) is 0.363. The predicted octanol–water partition coefficient (Wildman–Crippen LogP) is 8.01. The molecule has 7 unspecified atom stereocenters. The van der Waals surface area contributed by atoms with Crippen molar-refractivity contribution in [2.45, 2.75) is 69.1 Å². The Morgan fingerprint density at radius 2 is 1.65 bits per heavy atom. The zero-order chi connectivity index (χ0) is 26.2. The molecule has 9 rings (SSSR count). The standard InChI is InChI=1S/C38H38N2/c1-3-15-27-25(11-1)13-9-21-31(27)39-33-19-7-5-17-29(33)37-35(39)23-24-36-38(37)30-18-6-8-20-34(30)40(36)32-22-10-14-26-12-2-4-16-28(26)32/h1,4-7,9-11,13-14,16-19,22-24,29-31,33-35,37H,2-3,8,12,15,20-21H2. The lowest BCUT2D eigenvalue weighted by atomic mass is 9.71. The summed E-state index contributed by atoms with van der Waals surface area (Å²) in [6.07, 6.45) is 42.5. The van der Waals surface area contributed by atoms with E-state index in [1.165, 1.54) is 53.8 Å². The summed E-state index contributed by atoms with van der Waals surface area (Å²) in [6, 6.07) is 8.96. The molecule has 1 aromatic rings. The van der Waals surface area contributed by atoms with Crippen molar-refractivity contribution in [3.8, 4) is 0 Å². The molecule has 0 spiro atoms. The van der Waals surface area contributed by atoms with Crippen LogP contribution in [0.5, 0.6) is 0 Å². The molecule has 7 atom stereocenters. The van der Waals surface area contributed by atoms with Crippen LogP contribution in [0.15, 0.2) is 120 Å². The molecule has 2 heteroatoms. The minimum Gasteiger partial charge on any atom is -0.337 e. The van der Waals surface area contributed by atoms with E-state index in [0.29, 0.717) is 41.9 Å². The number of likely N-dealkylation sites (tertiary alicyclic amines) is 1. The number of anilines is 1. The van der Waals surface area contributed by atoms with Crippen molar-refractivity contribution < 1.29 is 0 Å². The molecule has 0 bridgehead atoms. The molecule has 1 aromatic carbocycles. The second-order valence-electron chi connectivity index (χ2n) is 12.8. The highest BCUT2D eigenvalue weighted by Gasteiger charge is 2.56. The third-order valence-corrected chi connectivity index (χ3v) is 11.0. The van der Waals surface area contributed by atoms with Gasteiger partial charge in [-0.1, -0.05) is 91.1 Å². The van der Waals surface area contributed by atoms with Crippen molar-refractivity contribution in [3.63, 3.8) is 0 Å². The highest BCUT2D eigenvalue weighted by atomic mass is 15.3. The number of hydrogen-bond acceptors (Lipinski definition) is 2. The average molecular weight is 523 g/mol. The first kappa shape index (κ1) is 23.4. The van der Waals surface area contributed by atoms with Crippen LogP contribution in [-0.2, 0) is 6.42 Å². The van der Waals surface area contributed by atoms with Gasteiger partial charge in [0.25, 0.3) is 0 Å². The monoisotopic (exact) mass is 522 g/mol. The molecule has 1 fully saturated rings. The fourth-order valence-electron chi connectivity index (χ4n) is 9.51. The summed E-state index contributed by atoms with van der Waals surface area (Å²) in [4.78, 5) is 5.71. The van der Waals surface area contributed by atoms with Crippen LogP contribution in [0.3, 0.4) is 0 Å². The van der Waals surface area contributed by atoms with Crippen molar-refractivity contribution in [3.05, 3.63) is 131 Å². The summed E-state index contributed by atoms with van der Waals surface area (Å²) in [7, 11) is 0. The first-order valence-electron chi connectivity index (χ1n) is 15.7. The molecule has 0 saturated carbocycles. The summed E-state index contributed by atoms with van der Waals surface area (Å²) in [5.41, 5.74) is 10.8. The molecule has 1 saturated heterocycles. The Balaban J connectivity index is 1.18. The van der Waals surface area contributed by atoms with Crippen molar-refractivity contribution in [2.75, 3.05) is 4.90 Å². The number of aryl methyl sites for hydroxylation is 1. The molecule has 0 amide bonds. The van der Waals surface area contributed by atoms with E-state index >= 15 is 0 Å². The smallest absolute Gasteiger partial charge is 0.0489 e. The lowest BCUT2D eigenvalue weighted by molar-refractivity contribution is 0.179. The number of fused-ring (bicyclic) bond motifs is 7. The molecule has 2 aliphatic heterocycles. The van der Waals surface area contributed by atoms with Gasteiger partial charge < -0.3 is 4.90 Å². The third kappa shape index (κ3) is 3.26. The number of benzene rings is 1. The fourth-order valence-corrected chi connectivity index (χ4v) is 9.51. The van der Waals surface area contributed by atoms with Gasteiger partial charge in [-0.25, -0.2) is 0 Å². The van der Waals surface area contributed by atoms with E-state index in [4.69, 9.17) is 0 Å². The van der Waals surface area contributed by atoms with Crippen molar-refractivity contribution in [1.29, 1.82) is 0 Å². The Labute approximate surface area is 238 Å². The molecule has 40 heavy (non-hydrogen) atoms. The lowest BCUT2D eigenvalue weighted by Gasteiger charge is -2.41. The Hall–Kier alpha value is -3.36. The highest BCUT2D eigenvalue weighted by Crippen LogP contribution is 2.56. The van der Waals surface area contributed by atoms with Crippen LogP contribution in [0.4, 0.5) is 5.69 Å². The van der Waals surface area contributed by atoms with E-state index in [0.717, 1.165) is 19.3 Å². The summed E-state index contributed by atoms with van der Waals surface area (Å²) in [5.74, 6) is 1.55. The SMILES string of the molecule is C1=CC2C3C4=C(C=CC3N(C3CC=CC5=C3CCC=C5)C2C=C1)N(c1cccc2c1C=CCC2)C1CCC=CC41. The van der Waals surface area contributed by atoms with E-state index in [1.54, 1.807) is 11.1 Å². The summed E-state index contributed by atoms with van der Waals surface area (Å²) in [6.45, 7) is 0. The van der Waals surface area contributed by atoms with E-state index in [9.17, 15) is 0 Å². The second kappa shape index (κ2) is 9.08. The van der Waals surface area contributed by atoms with Gasteiger partial charge in [0.15, 0.2) is 0 Å². The predicted molar refractivity (Wildman–Crippen MR) is 166 cm³/mol. The second-order valence-corrected chi connectivity index (χ2v) is 12.8. The van der Waals surface area contributed by atoms with Crippen LogP contribution in [0.25, 0.3) is 6.08 Å². The first-order chi connectivity index (χ1) is 19.9. The maximum Gasteiger partial charge on any atom is 0.0489 e. The molecular weight excluding hydrogens is 484 g/mol. The van der Waals surface area contributed by atoms with Gasteiger partial charge in [-0.05, 0) is 79.4 Å². The maximum atomic E-state index is 2.94. The third-order valence-electron chi connectivity index (χ3n) is 11.0. The van der Waals surface area contributed by atoms with Gasteiger partial charge in [0.05, 0.1) is 0 Å². The van der Waals surface area contributed by atoms with Crippen LogP contribution in [0, 0.1) is 17.8 Å². The fraction of sp³-hybridized carbons (Fsp3) is 0.368. The summed E-state index contributed by atoms with van der Waals surface area (Å²) >= 11 is 0. The van der Waals surface area contributed by atoms with Crippen LogP contribution in [0.1, 0.15) is 49.7 Å². The normalized spacial score (nSPS) is 36.5. The first-order valence-corrected chi connectivity index (χ1v) is 15.7. The molecule has 6 aliphatic carbocycles. The van der Waals surface area contributed by atoms with Gasteiger partial charge >= 0.3 is 0 Å². The van der Waals surface area contributed by atoms with Crippen LogP contribution >= 0.6 is 0 Å². The van der Waals surface area contributed by atoms with Gasteiger partial charge in [0.1, 0.15) is 0 Å². The number of rotatable bonds is 2. The maximum absolute atomic E-state index is 2.94. The van der Waals surface area contributed by atoms with Gasteiger partial charge in [0.2, 0.25) is 0 Å². The van der Waals surface area contributed by atoms with E-state index < -0.39 is 0 Å². The Morgan fingerprint density at radius 3 is 2.65 bits per heavy atom. The molecule has 0 N–H and O–H groups in total. The number of allylic oxidation sites excluding steroid dienone is 9. The van der Waals surface area contributed by atoms with Gasteiger partial charge in [0, 0.05) is 58.9 Å². The molecule has 2 heterocycles. The Kier molecular flexibility index (Phi) is 5.30. The molecule has 2 nitrogen and oxygen atoms in total.